The molecule has 4 nitrogen and oxygen atoms in total. The van der Waals surface area contributed by atoms with Gasteiger partial charge in [0.1, 0.15) is 11.4 Å². The van der Waals surface area contributed by atoms with Gasteiger partial charge in [0.15, 0.2) is 5.65 Å². The Morgan fingerprint density at radius 3 is 2.41 bits per heavy atom. The van der Waals surface area contributed by atoms with Crippen LogP contribution >= 0.6 is 0 Å². The summed E-state index contributed by atoms with van der Waals surface area (Å²) < 4.78 is 43.2. The van der Waals surface area contributed by atoms with Gasteiger partial charge in [0.05, 0.1) is 5.69 Å². The fourth-order valence-electron chi connectivity index (χ4n) is 3.86. The van der Waals surface area contributed by atoms with Crippen LogP contribution in [0.5, 0.6) is 0 Å². The summed E-state index contributed by atoms with van der Waals surface area (Å²) in [7, 11) is 0. The van der Waals surface area contributed by atoms with Crippen LogP contribution in [0.1, 0.15) is 35.7 Å². The van der Waals surface area contributed by atoms with Gasteiger partial charge in [0.2, 0.25) is 0 Å². The molecule has 0 radical (unpaired) electrons. The Kier molecular flexibility index (Phi) is 3.67. The second-order valence-corrected chi connectivity index (χ2v) is 7.54. The van der Waals surface area contributed by atoms with E-state index < -0.39 is 11.7 Å². The lowest BCUT2D eigenvalue weighted by Crippen LogP contribution is -2.46. The summed E-state index contributed by atoms with van der Waals surface area (Å²) in [6.07, 6.45) is 0.145. The van der Waals surface area contributed by atoms with E-state index in [-0.39, 0.29) is 17.3 Å². The van der Waals surface area contributed by atoms with Crippen molar-refractivity contribution < 1.29 is 13.2 Å². The molecule has 7 heteroatoms. The van der Waals surface area contributed by atoms with Crippen molar-refractivity contribution in [2.75, 3.05) is 18.0 Å². The van der Waals surface area contributed by atoms with Gasteiger partial charge in [-0.3, -0.25) is 4.40 Å². The molecule has 0 atom stereocenters. The fraction of sp³-hybridized carbons (Fsp3) is 0.400. The van der Waals surface area contributed by atoms with Crippen LogP contribution in [0.4, 0.5) is 18.9 Å². The Labute approximate surface area is 154 Å². The van der Waals surface area contributed by atoms with E-state index in [9.17, 15) is 13.2 Å². The average Bonchev–Trinajstić information content (AvgIpc) is 3.32. The monoisotopic (exact) mass is 372 g/mol. The third-order valence-corrected chi connectivity index (χ3v) is 5.57. The van der Waals surface area contributed by atoms with E-state index >= 15 is 0 Å². The normalized spacial score (nSPS) is 18.1. The van der Waals surface area contributed by atoms with Gasteiger partial charge < -0.3 is 4.90 Å². The molecule has 1 aliphatic heterocycles. The van der Waals surface area contributed by atoms with Gasteiger partial charge in [-0.25, -0.2) is 0 Å². The van der Waals surface area contributed by atoms with Crippen LogP contribution in [0.2, 0.25) is 0 Å². The molecule has 0 unspecified atom stereocenters. The van der Waals surface area contributed by atoms with Crippen molar-refractivity contribution in [1.29, 1.82) is 0 Å². The minimum Gasteiger partial charge on any atom is -0.370 e. The Bertz CT molecular complexity index is 970. The van der Waals surface area contributed by atoms with E-state index in [2.05, 4.69) is 10.2 Å². The lowest BCUT2D eigenvalue weighted by Gasteiger charge is -2.42. The molecule has 2 aliphatic rings. The van der Waals surface area contributed by atoms with Crippen molar-refractivity contribution in [3.63, 3.8) is 0 Å². The van der Waals surface area contributed by atoms with E-state index in [4.69, 9.17) is 0 Å². The van der Waals surface area contributed by atoms with Crippen LogP contribution in [-0.4, -0.2) is 27.7 Å². The zero-order valence-electron chi connectivity index (χ0n) is 14.7. The van der Waals surface area contributed by atoms with E-state index in [0.717, 1.165) is 18.4 Å². The van der Waals surface area contributed by atoms with Crippen molar-refractivity contribution >= 4 is 11.3 Å². The number of hydrogen-bond acceptors (Lipinski definition) is 3. The molecule has 5 rings (SSSR count). The Morgan fingerprint density at radius 1 is 1.00 bits per heavy atom. The van der Waals surface area contributed by atoms with Crippen molar-refractivity contribution in [3.8, 4) is 0 Å². The molecule has 1 saturated carbocycles. The second-order valence-electron chi connectivity index (χ2n) is 7.54. The molecule has 0 N–H and O–H groups in total. The van der Waals surface area contributed by atoms with Crippen LogP contribution in [-0.2, 0) is 12.6 Å². The van der Waals surface area contributed by atoms with E-state index in [0.29, 0.717) is 31.3 Å². The molecule has 3 heterocycles. The largest absolute Gasteiger partial charge is 0.422 e. The highest BCUT2D eigenvalue weighted by Gasteiger charge is 2.41. The lowest BCUT2D eigenvalue weighted by atomic mass is 9.90. The number of fused-ring (bicyclic) bond motifs is 1. The van der Waals surface area contributed by atoms with Gasteiger partial charge in [-0.2, -0.15) is 13.2 Å². The molecule has 1 saturated heterocycles. The molecule has 0 spiro atoms. The van der Waals surface area contributed by atoms with Gasteiger partial charge in [0, 0.05) is 31.6 Å². The molecule has 140 valence electrons. The minimum atomic E-state index is -4.47. The zero-order valence-corrected chi connectivity index (χ0v) is 14.7. The predicted octanol–water partition coefficient (Wildman–Crippen LogP) is 4.30. The number of halogens is 3. The zero-order chi connectivity index (χ0) is 18.6. The molecule has 0 amide bonds. The first-order valence-electron chi connectivity index (χ1n) is 9.24. The average molecular weight is 372 g/mol. The molecule has 27 heavy (non-hydrogen) atoms. The standard InChI is InChI=1S/C20H19F3N4/c21-20(22,23)18-16(26-11-15(12-26)14-4-2-1-3-5-14)8-9-27-17(10-13-6-7-13)24-25-19(18)27/h1-5,8-9,13,15H,6-7,10-12H2. The van der Waals surface area contributed by atoms with Gasteiger partial charge in [-0.05, 0) is 30.4 Å². The van der Waals surface area contributed by atoms with E-state index in [1.54, 1.807) is 17.2 Å². The number of alkyl halides is 3. The van der Waals surface area contributed by atoms with Crippen LogP contribution in [0.3, 0.4) is 0 Å². The van der Waals surface area contributed by atoms with Crippen molar-refractivity contribution in [2.45, 2.75) is 31.4 Å². The summed E-state index contributed by atoms with van der Waals surface area (Å²) in [5, 5.41) is 7.96. The first-order valence-corrected chi connectivity index (χ1v) is 9.24. The summed E-state index contributed by atoms with van der Waals surface area (Å²) in [5.74, 6) is 1.41. The summed E-state index contributed by atoms with van der Waals surface area (Å²) in [4.78, 5) is 1.79. The van der Waals surface area contributed by atoms with Crippen molar-refractivity contribution in [1.82, 2.24) is 14.6 Å². The van der Waals surface area contributed by atoms with E-state index in [1.165, 1.54) is 4.40 Å². The molecule has 3 aromatic rings. The topological polar surface area (TPSA) is 33.4 Å². The van der Waals surface area contributed by atoms with Gasteiger partial charge in [-0.15, -0.1) is 10.2 Å². The number of hydrogen-bond donors (Lipinski definition) is 0. The van der Waals surface area contributed by atoms with Gasteiger partial charge >= 0.3 is 6.18 Å². The number of anilines is 1. The smallest absolute Gasteiger partial charge is 0.370 e. The molecule has 1 aliphatic carbocycles. The molecule has 2 fully saturated rings. The Hall–Kier alpha value is -2.57. The Morgan fingerprint density at radius 2 is 1.74 bits per heavy atom. The third kappa shape index (κ3) is 2.95. The fourth-order valence-corrected chi connectivity index (χ4v) is 3.86. The first-order chi connectivity index (χ1) is 13.0. The molecule has 2 aromatic heterocycles. The SMILES string of the molecule is FC(F)(F)c1c(N2CC(c3ccccc3)C2)ccn2c(CC3CC3)nnc12. The maximum atomic E-state index is 13.9. The number of benzene rings is 1. The summed E-state index contributed by atoms with van der Waals surface area (Å²) in [6.45, 7) is 1.15. The number of nitrogens with zero attached hydrogens (tertiary/aromatic N) is 4. The lowest BCUT2D eigenvalue weighted by molar-refractivity contribution is -0.136. The number of aromatic nitrogens is 3. The predicted molar refractivity (Wildman–Crippen MR) is 95.8 cm³/mol. The highest BCUT2D eigenvalue weighted by atomic mass is 19.4. The van der Waals surface area contributed by atoms with Gasteiger partial charge in [0.25, 0.3) is 0 Å². The van der Waals surface area contributed by atoms with Crippen LogP contribution in [0.15, 0.2) is 42.6 Å². The second kappa shape index (κ2) is 5.97. The Balaban J connectivity index is 1.49. The number of pyridine rings is 1. The maximum Gasteiger partial charge on any atom is 0.422 e. The summed E-state index contributed by atoms with van der Waals surface area (Å²) in [5.41, 5.74) is 0.606. The van der Waals surface area contributed by atoms with Crippen molar-refractivity contribution in [3.05, 3.63) is 59.5 Å². The highest BCUT2D eigenvalue weighted by Crippen LogP contribution is 2.43. The molecule has 1 aromatic carbocycles. The number of rotatable bonds is 4. The summed E-state index contributed by atoms with van der Waals surface area (Å²) in [6, 6.07) is 11.5. The van der Waals surface area contributed by atoms with Gasteiger partial charge in [-0.1, -0.05) is 30.3 Å². The van der Waals surface area contributed by atoms with Crippen LogP contribution in [0.25, 0.3) is 5.65 Å². The van der Waals surface area contributed by atoms with Crippen LogP contribution in [0, 0.1) is 5.92 Å². The van der Waals surface area contributed by atoms with Crippen molar-refractivity contribution in [2.24, 2.45) is 5.92 Å². The first kappa shape index (κ1) is 16.6. The molecular formula is C20H19F3N4. The highest BCUT2D eigenvalue weighted by molar-refractivity contribution is 5.68. The summed E-state index contributed by atoms with van der Waals surface area (Å²) >= 11 is 0. The quantitative estimate of drug-likeness (QED) is 0.685. The van der Waals surface area contributed by atoms with Crippen LogP contribution < -0.4 is 4.90 Å². The third-order valence-electron chi connectivity index (χ3n) is 5.57. The molecule has 0 bridgehead atoms. The molecular weight excluding hydrogens is 353 g/mol. The minimum absolute atomic E-state index is 0.0844. The van der Waals surface area contributed by atoms with E-state index in [1.807, 2.05) is 30.3 Å². The maximum absolute atomic E-state index is 13.9.